The average molecular weight is 276 g/mol. The Kier molecular flexibility index (Phi) is 6.34. The SMILES string of the molecule is CCOc1cccc(CNCC(C)N2CCCCC2)c1. The van der Waals surface area contributed by atoms with Gasteiger partial charge in [0.2, 0.25) is 0 Å². The number of rotatable bonds is 7. The van der Waals surface area contributed by atoms with Crippen molar-refractivity contribution >= 4 is 0 Å². The molecule has 1 aliphatic heterocycles. The van der Waals surface area contributed by atoms with Crippen LogP contribution in [0, 0.1) is 0 Å². The molecule has 0 radical (unpaired) electrons. The lowest BCUT2D eigenvalue weighted by molar-refractivity contribution is 0.170. The fraction of sp³-hybridized carbons (Fsp3) is 0.647. The van der Waals surface area contributed by atoms with Crippen molar-refractivity contribution in [3.05, 3.63) is 29.8 Å². The maximum Gasteiger partial charge on any atom is 0.119 e. The van der Waals surface area contributed by atoms with Gasteiger partial charge in [-0.1, -0.05) is 18.6 Å². The van der Waals surface area contributed by atoms with Crippen LogP contribution < -0.4 is 10.1 Å². The molecule has 0 bridgehead atoms. The molecule has 0 amide bonds. The molecule has 1 aromatic carbocycles. The predicted octanol–water partition coefficient (Wildman–Crippen LogP) is 3.05. The summed E-state index contributed by atoms with van der Waals surface area (Å²) in [6, 6.07) is 8.99. The van der Waals surface area contributed by atoms with Gasteiger partial charge in [-0.05, 0) is 57.5 Å². The molecule has 1 fully saturated rings. The van der Waals surface area contributed by atoms with Gasteiger partial charge < -0.3 is 10.1 Å². The lowest BCUT2D eigenvalue weighted by atomic mass is 10.1. The number of nitrogens with one attached hydrogen (secondary N) is 1. The number of likely N-dealkylation sites (tertiary alicyclic amines) is 1. The highest BCUT2D eigenvalue weighted by Crippen LogP contribution is 2.14. The standard InChI is InChI=1S/C17H28N2O/c1-3-20-17-9-7-8-16(12-17)14-18-13-15(2)19-10-5-4-6-11-19/h7-9,12,15,18H,3-6,10-11,13-14H2,1-2H3. The van der Waals surface area contributed by atoms with Gasteiger partial charge in [0.1, 0.15) is 5.75 Å². The van der Waals surface area contributed by atoms with Crippen LogP contribution in [-0.2, 0) is 6.54 Å². The molecule has 0 saturated carbocycles. The Morgan fingerprint density at radius 3 is 2.80 bits per heavy atom. The van der Waals surface area contributed by atoms with Crippen molar-refractivity contribution in [1.29, 1.82) is 0 Å². The average Bonchev–Trinajstić information content (AvgIpc) is 2.49. The highest BCUT2D eigenvalue weighted by molar-refractivity contribution is 5.28. The van der Waals surface area contributed by atoms with Gasteiger partial charge >= 0.3 is 0 Å². The van der Waals surface area contributed by atoms with E-state index >= 15 is 0 Å². The lowest BCUT2D eigenvalue weighted by Gasteiger charge is -2.32. The van der Waals surface area contributed by atoms with Gasteiger partial charge in [0, 0.05) is 19.1 Å². The molecule has 0 spiro atoms. The van der Waals surface area contributed by atoms with Crippen molar-refractivity contribution in [2.24, 2.45) is 0 Å². The maximum atomic E-state index is 5.53. The van der Waals surface area contributed by atoms with E-state index in [1.807, 2.05) is 13.0 Å². The monoisotopic (exact) mass is 276 g/mol. The fourth-order valence-corrected chi connectivity index (χ4v) is 2.83. The Balaban J connectivity index is 1.73. The summed E-state index contributed by atoms with van der Waals surface area (Å²) >= 11 is 0. The van der Waals surface area contributed by atoms with E-state index in [9.17, 15) is 0 Å². The molecule has 1 heterocycles. The van der Waals surface area contributed by atoms with Crippen LogP contribution in [0.2, 0.25) is 0 Å². The molecular weight excluding hydrogens is 248 g/mol. The first-order valence-electron chi connectivity index (χ1n) is 7.96. The quantitative estimate of drug-likeness (QED) is 0.828. The largest absolute Gasteiger partial charge is 0.494 e. The van der Waals surface area contributed by atoms with Gasteiger partial charge in [0.25, 0.3) is 0 Å². The zero-order chi connectivity index (χ0) is 14.2. The Bertz CT molecular complexity index is 388. The number of hydrogen-bond donors (Lipinski definition) is 1. The summed E-state index contributed by atoms with van der Waals surface area (Å²) in [5.74, 6) is 0.968. The molecule has 112 valence electrons. The second-order valence-electron chi connectivity index (χ2n) is 5.66. The summed E-state index contributed by atoms with van der Waals surface area (Å²) < 4.78 is 5.53. The van der Waals surface area contributed by atoms with Gasteiger partial charge in [-0.3, -0.25) is 4.90 Å². The Morgan fingerprint density at radius 2 is 2.05 bits per heavy atom. The number of benzene rings is 1. The van der Waals surface area contributed by atoms with E-state index in [-0.39, 0.29) is 0 Å². The smallest absolute Gasteiger partial charge is 0.119 e. The first-order chi connectivity index (χ1) is 9.79. The van der Waals surface area contributed by atoms with Crippen molar-refractivity contribution < 1.29 is 4.74 Å². The summed E-state index contributed by atoms with van der Waals surface area (Å²) in [7, 11) is 0. The van der Waals surface area contributed by atoms with Crippen molar-refractivity contribution in [1.82, 2.24) is 10.2 Å². The lowest BCUT2D eigenvalue weighted by Crippen LogP contribution is -2.42. The summed E-state index contributed by atoms with van der Waals surface area (Å²) in [4.78, 5) is 2.60. The number of piperidine rings is 1. The van der Waals surface area contributed by atoms with Crippen LogP contribution in [0.25, 0.3) is 0 Å². The van der Waals surface area contributed by atoms with Crippen molar-refractivity contribution in [2.75, 3.05) is 26.2 Å². The van der Waals surface area contributed by atoms with E-state index < -0.39 is 0 Å². The fourth-order valence-electron chi connectivity index (χ4n) is 2.83. The van der Waals surface area contributed by atoms with Crippen LogP contribution in [0.3, 0.4) is 0 Å². The van der Waals surface area contributed by atoms with Gasteiger partial charge in [-0.25, -0.2) is 0 Å². The van der Waals surface area contributed by atoms with Gasteiger partial charge in [-0.2, -0.15) is 0 Å². The summed E-state index contributed by atoms with van der Waals surface area (Å²) in [5, 5.41) is 3.57. The first-order valence-corrected chi connectivity index (χ1v) is 7.96. The van der Waals surface area contributed by atoms with Crippen LogP contribution >= 0.6 is 0 Å². The molecule has 0 aliphatic carbocycles. The molecule has 1 unspecified atom stereocenters. The van der Waals surface area contributed by atoms with Crippen LogP contribution in [0.4, 0.5) is 0 Å². The normalized spacial score (nSPS) is 17.9. The third kappa shape index (κ3) is 4.80. The molecule has 20 heavy (non-hydrogen) atoms. The first kappa shape index (κ1) is 15.3. The van der Waals surface area contributed by atoms with Crippen LogP contribution in [0.1, 0.15) is 38.7 Å². The van der Waals surface area contributed by atoms with E-state index in [1.165, 1.54) is 37.9 Å². The van der Waals surface area contributed by atoms with E-state index in [0.29, 0.717) is 6.04 Å². The predicted molar refractivity (Wildman–Crippen MR) is 84.2 cm³/mol. The highest BCUT2D eigenvalue weighted by Gasteiger charge is 2.15. The van der Waals surface area contributed by atoms with E-state index in [1.54, 1.807) is 0 Å². The van der Waals surface area contributed by atoms with Gasteiger partial charge in [0.05, 0.1) is 6.61 Å². The second kappa shape index (κ2) is 8.28. The molecule has 1 aliphatic rings. The van der Waals surface area contributed by atoms with E-state index in [2.05, 4.69) is 35.3 Å². The summed E-state index contributed by atoms with van der Waals surface area (Å²) in [6.07, 6.45) is 4.13. The topological polar surface area (TPSA) is 24.5 Å². The van der Waals surface area contributed by atoms with Crippen molar-refractivity contribution in [2.45, 2.75) is 45.7 Å². The molecule has 1 N–H and O–H groups in total. The minimum Gasteiger partial charge on any atom is -0.494 e. The molecule has 1 atom stereocenters. The zero-order valence-electron chi connectivity index (χ0n) is 12.9. The molecule has 3 heteroatoms. The van der Waals surface area contributed by atoms with E-state index in [0.717, 1.165) is 25.4 Å². The molecular formula is C17H28N2O. The minimum absolute atomic E-state index is 0.630. The zero-order valence-corrected chi connectivity index (χ0v) is 12.9. The van der Waals surface area contributed by atoms with Crippen LogP contribution in [0.5, 0.6) is 5.75 Å². The second-order valence-corrected chi connectivity index (χ2v) is 5.66. The van der Waals surface area contributed by atoms with Gasteiger partial charge in [-0.15, -0.1) is 0 Å². The van der Waals surface area contributed by atoms with Crippen LogP contribution in [-0.4, -0.2) is 37.2 Å². The number of ether oxygens (including phenoxy) is 1. The third-order valence-electron chi connectivity index (χ3n) is 3.99. The van der Waals surface area contributed by atoms with Gasteiger partial charge in [0.15, 0.2) is 0 Å². The molecule has 3 nitrogen and oxygen atoms in total. The summed E-state index contributed by atoms with van der Waals surface area (Å²) in [5.41, 5.74) is 1.29. The van der Waals surface area contributed by atoms with Crippen LogP contribution in [0.15, 0.2) is 24.3 Å². The Hall–Kier alpha value is -1.06. The Labute approximate surface area is 123 Å². The summed E-state index contributed by atoms with van der Waals surface area (Å²) in [6.45, 7) is 9.58. The molecule has 2 rings (SSSR count). The molecule has 1 saturated heterocycles. The minimum atomic E-state index is 0.630. The highest BCUT2D eigenvalue weighted by atomic mass is 16.5. The molecule has 1 aromatic rings. The van der Waals surface area contributed by atoms with Crippen molar-refractivity contribution in [3.8, 4) is 5.75 Å². The van der Waals surface area contributed by atoms with Crippen molar-refractivity contribution in [3.63, 3.8) is 0 Å². The number of hydrogen-bond acceptors (Lipinski definition) is 3. The number of nitrogens with zero attached hydrogens (tertiary/aromatic N) is 1. The molecule has 0 aromatic heterocycles. The maximum absolute atomic E-state index is 5.53. The third-order valence-corrected chi connectivity index (χ3v) is 3.99. The van der Waals surface area contributed by atoms with E-state index in [4.69, 9.17) is 4.74 Å². The Morgan fingerprint density at radius 1 is 1.25 bits per heavy atom.